The number of aromatic nitrogens is 1. The highest BCUT2D eigenvalue weighted by atomic mass is 16.5. The Kier molecular flexibility index (Phi) is 3.64. The number of hydrogen-bond donors (Lipinski definition) is 2. The molecule has 5 aliphatic carbocycles. The number of anilines is 1. The normalized spacial score (nSPS) is 36.2. The van der Waals surface area contributed by atoms with Crippen molar-refractivity contribution in [2.75, 3.05) is 11.9 Å². The second kappa shape index (κ2) is 5.81. The molecule has 1 aromatic rings. The van der Waals surface area contributed by atoms with E-state index < -0.39 is 5.60 Å². The molecule has 4 saturated carbocycles. The molecule has 26 heavy (non-hydrogen) atoms. The Morgan fingerprint density at radius 3 is 2.81 bits per heavy atom. The van der Waals surface area contributed by atoms with Crippen molar-refractivity contribution < 1.29 is 14.6 Å². The molecule has 2 N–H and O–H groups in total. The van der Waals surface area contributed by atoms with Crippen molar-refractivity contribution in [2.45, 2.75) is 57.1 Å². The second-order valence-electron chi connectivity index (χ2n) is 8.60. The molecule has 4 fully saturated rings. The Labute approximate surface area is 153 Å². The number of carbonyl (C=O) groups excluding carboxylic acids is 1. The summed E-state index contributed by atoms with van der Waals surface area (Å²) in [5.41, 5.74) is 3.01. The van der Waals surface area contributed by atoms with Gasteiger partial charge in [-0.25, -0.2) is 4.79 Å². The summed E-state index contributed by atoms with van der Waals surface area (Å²) in [5, 5.41) is 14.6. The highest BCUT2D eigenvalue weighted by Crippen LogP contribution is 2.56. The standard InChI is InChI=1S/C21H26N2O3/c1-2-26-20(24)16-11-22-17-5-3-4-15(17)19(16)23-18-13-6-12-7-14(18)10-21(25,8-12)9-13/h3-4,11-14,18,25H,2,5-10H2,1H3,(H,22,23)/t12?,13-,14+,18?,21?. The monoisotopic (exact) mass is 354 g/mol. The van der Waals surface area contributed by atoms with Gasteiger partial charge in [0.1, 0.15) is 5.56 Å². The summed E-state index contributed by atoms with van der Waals surface area (Å²) in [6.07, 6.45) is 11.8. The van der Waals surface area contributed by atoms with E-state index in [1.807, 2.05) is 6.92 Å². The zero-order valence-corrected chi connectivity index (χ0v) is 15.2. The molecule has 1 aromatic heterocycles. The van der Waals surface area contributed by atoms with Crippen LogP contribution in [0.15, 0.2) is 12.3 Å². The van der Waals surface area contributed by atoms with E-state index in [9.17, 15) is 9.90 Å². The third-order valence-electron chi connectivity index (χ3n) is 6.84. The number of allylic oxidation sites excluding steroid dienone is 1. The van der Waals surface area contributed by atoms with Gasteiger partial charge in [0.05, 0.1) is 23.6 Å². The van der Waals surface area contributed by atoms with E-state index in [-0.39, 0.29) is 5.97 Å². The Morgan fingerprint density at radius 1 is 1.35 bits per heavy atom. The summed E-state index contributed by atoms with van der Waals surface area (Å²) in [4.78, 5) is 17.0. The lowest BCUT2D eigenvalue weighted by atomic mass is 9.52. The van der Waals surface area contributed by atoms with Crippen LogP contribution < -0.4 is 5.32 Å². The van der Waals surface area contributed by atoms with Crippen molar-refractivity contribution in [1.82, 2.24) is 4.98 Å². The van der Waals surface area contributed by atoms with Gasteiger partial charge < -0.3 is 15.2 Å². The van der Waals surface area contributed by atoms with Crippen molar-refractivity contribution in [2.24, 2.45) is 17.8 Å². The minimum atomic E-state index is -0.446. The van der Waals surface area contributed by atoms with Crippen molar-refractivity contribution in [3.63, 3.8) is 0 Å². The van der Waals surface area contributed by atoms with Crippen molar-refractivity contribution in [1.29, 1.82) is 0 Å². The lowest BCUT2D eigenvalue weighted by Gasteiger charge is -2.58. The Bertz CT molecular complexity index is 772. The van der Waals surface area contributed by atoms with Crippen LogP contribution in [0, 0.1) is 17.8 Å². The molecule has 0 amide bonds. The number of aliphatic hydroxyl groups is 1. The number of fused-ring (bicyclic) bond motifs is 1. The van der Waals surface area contributed by atoms with Gasteiger partial charge in [-0.05, 0) is 56.8 Å². The van der Waals surface area contributed by atoms with Crippen molar-refractivity contribution in [3.8, 4) is 0 Å². The first kappa shape index (κ1) is 16.3. The smallest absolute Gasteiger partial charge is 0.341 e. The molecule has 0 saturated heterocycles. The fraction of sp³-hybridized carbons (Fsp3) is 0.619. The molecule has 3 unspecified atom stereocenters. The molecule has 1 heterocycles. The van der Waals surface area contributed by atoms with Crippen LogP contribution in [0.3, 0.4) is 0 Å². The molecule has 0 aliphatic heterocycles. The highest BCUT2D eigenvalue weighted by Gasteiger charge is 2.54. The van der Waals surface area contributed by atoms with E-state index in [1.165, 1.54) is 12.8 Å². The summed E-state index contributed by atoms with van der Waals surface area (Å²) in [6, 6.07) is 0.320. The maximum absolute atomic E-state index is 12.5. The fourth-order valence-corrected chi connectivity index (χ4v) is 6.10. The Balaban J connectivity index is 1.50. The van der Waals surface area contributed by atoms with Gasteiger partial charge in [-0.1, -0.05) is 12.2 Å². The molecule has 0 radical (unpaired) electrons. The molecular formula is C21H26N2O3. The van der Waals surface area contributed by atoms with E-state index in [4.69, 9.17) is 4.74 Å². The predicted molar refractivity (Wildman–Crippen MR) is 98.8 cm³/mol. The zero-order valence-electron chi connectivity index (χ0n) is 15.2. The topological polar surface area (TPSA) is 71.5 Å². The number of ether oxygens (including phenoxy) is 1. The quantitative estimate of drug-likeness (QED) is 0.813. The maximum atomic E-state index is 12.5. The van der Waals surface area contributed by atoms with Crippen LogP contribution in [0.4, 0.5) is 5.69 Å². The van der Waals surface area contributed by atoms with Gasteiger partial charge in [0.2, 0.25) is 0 Å². The van der Waals surface area contributed by atoms with Crippen LogP contribution in [0.5, 0.6) is 0 Å². The van der Waals surface area contributed by atoms with Crippen LogP contribution in [0.2, 0.25) is 0 Å². The van der Waals surface area contributed by atoms with Gasteiger partial charge in [-0.3, -0.25) is 4.98 Å². The SMILES string of the molecule is CCOC(=O)c1cnc2c(c1NC1[C@@H]3CC4C[C@H]1CC(O)(C4)C3)C=CC2. The molecule has 138 valence electrons. The Hall–Kier alpha value is -1.88. The molecule has 5 nitrogen and oxygen atoms in total. The molecular weight excluding hydrogens is 328 g/mol. The molecule has 4 bridgehead atoms. The average Bonchev–Trinajstić information content (AvgIpc) is 3.05. The molecule has 5 heteroatoms. The van der Waals surface area contributed by atoms with Crippen LogP contribution in [-0.2, 0) is 11.2 Å². The van der Waals surface area contributed by atoms with Crippen LogP contribution in [0.1, 0.15) is 60.6 Å². The summed E-state index contributed by atoms with van der Waals surface area (Å²) in [7, 11) is 0. The van der Waals surface area contributed by atoms with E-state index in [0.717, 1.165) is 42.6 Å². The summed E-state index contributed by atoms with van der Waals surface area (Å²) < 4.78 is 5.27. The van der Waals surface area contributed by atoms with Crippen molar-refractivity contribution in [3.05, 3.63) is 29.1 Å². The first-order chi connectivity index (χ1) is 12.6. The fourth-order valence-electron chi connectivity index (χ4n) is 6.10. The van der Waals surface area contributed by atoms with E-state index in [1.54, 1.807) is 6.20 Å². The second-order valence-corrected chi connectivity index (χ2v) is 8.60. The predicted octanol–water partition coefficient (Wildman–Crippen LogP) is 3.18. The molecule has 6 rings (SSSR count). The zero-order chi connectivity index (χ0) is 17.9. The number of esters is 1. The number of carbonyl (C=O) groups is 1. The number of nitrogens with one attached hydrogen (secondary N) is 1. The van der Waals surface area contributed by atoms with E-state index in [0.29, 0.717) is 36.0 Å². The van der Waals surface area contributed by atoms with Gasteiger partial charge in [-0.2, -0.15) is 0 Å². The third-order valence-corrected chi connectivity index (χ3v) is 6.84. The van der Waals surface area contributed by atoms with Crippen LogP contribution >= 0.6 is 0 Å². The van der Waals surface area contributed by atoms with Gasteiger partial charge >= 0.3 is 5.97 Å². The van der Waals surface area contributed by atoms with Crippen LogP contribution in [-0.4, -0.2) is 34.3 Å². The van der Waals surface area contributed by atoms with Crippen LogP contribution in [0.25, 0.3) is 6.08 Å². The lowest BCUT2D eigenvalue weighted by molar-refractivity contribution is -0.129. The summed E-state index contributed by atoms with van der Waals surface area (Å²) >= 11 is 0. The summed E-state index contributed by atoms with van der Waals surface area (Å²) in [6.45, 7) is 2.18. The minimum absolute atomic E-state index is 0.312. The van der Waals surface area contributed by atoms with E-state index >= 15 is 0 Å². The molecule has 5 atom stereocenters. The number of nitrogens with zero attached hydrogens (tertiary/aromatic N) is 1. The van der Waals surface area contributed by atoms with E-state index in [2.05, 4.69) is 22.5 Å². The van der Waals surface area contributed by atoms with Gasteiger partial charge in [0.25, 0.3) is 0 Å². The van der Waals surface area contributed by atoms with Gasteiger partial charge in [0.15, 0.2) is 0 Å². The highest BCUT2D eigenvalue weighted by molar-refractivity contribution is 5.98. The largest absolute Gasteiger partial charge is 0.462 e. The maximum Gasteiger partial charge on any atom is 0.341 e. The number of rotatable bonds is 4. The Morgan fingerprint density at radius 2 is 2.12 bits per heavy atom. The third kappa shape index (κ3) is 2.48. The molecule has 0 spiro atoms. The number of pyridine rings is 1. The molecule has 5 aliphatic rings. The molecule has 0 aromatic carbocycles. The summed E-state index contributed by atoms with van der Waals surface area (Å²) in [5.74, 6) is 1.32. The average molecular weight is 354 g/mol. The van der Waals surface area contributed by atoms with Gasteiger partial charge in [-0.15, -0.1) is 0 Å². The van der Waals surface area contributed by atoms with Crippen molar-refractivity contribution >= 4 is 17.7 Å². The first-order valence-corrected chi connectivity index (χ1v) is 9.91. The number of hydrogen-bond acceptors (Lipinski definition) is 5. The minimum Gasteiger partial charge on any atom is -0.462 e. The first-order valence-electron chi connectivity index (χ1n) is 9.91. The van der Waals surface area contributed by atoms with Gasteiger partial charge in [0, 0.05) is 24.2 Å². The lowest BCUT2D eigenvalue weighted by Crippen LogP contribution is -2.59.